The van der Waals surface area contributed by atoms with Crippen LogP contribution in [0.4, 0.5) is 0 Å². The summed E-state index contributed by atoms with van der Waals surface area (Å²) >= 11 is 0. The zero-order valence-corrected chi connectivity index (χ0v) is 13.2. The highest BCUT2D eigenvalue weighted by atomic mass is 16.1. The molecule has 0 spiro atoms. The summed E-state index contributed by atoms with van der Waals surface area (Å²) in [5, 5.41) is 0. The van der Waals surface area contributed by atoms with Gasteiger partial charge in [0.1, 0.15) is 0 Å². The first kappa shape index (κ1) is 15.3. The van der Waals surface area contributed by atoms with Gasteiger partial charge in [-0.15, -0.1) is 0 Å². The van der Waals surface area contributed by atoms with Crippen molar-refractivity contribution in [2.45, 2.75) is 13.8 Å². The second kappa shape index (κ2) is 6.13. The van der Waals surface area contributed by atoms with Gasteiger partial charge in [0, 0.05) is 20.3 Å². The molecule has 0 heterocycles. The van der Waals surface area contributed by atoms with Gasteiger partial charge < -0.3 is 4.90 Å². The van der Waals surface area contributed by atoms with Gasteiger partial charge in [-0.05, 0) is 30.1 Å². The van der Waals surface area contributed by atoms with Gasteiger partial charge in [-0.2, -0.15) is 0 Å². The molecule has 0 saturated carbocycles. The molecule has 0 saturated heterocycles. The van der Waals surface area contributed by atoms with Crippen molar-refractivity contribution >= 4 is 11.4 Å². The Labute approximate surface area is 127 Å². The summed E-state index contributed by atoms with van der Waals surface area (Å²) in [6.07, 6.45) is 9.78. The van der Waals surface area contributed by atoms with E-state index >= 15 is 0 Å². The van der Waals surface area contributed by atoms with Crippen LogP contribution in [0.15, 0.2) is 60.8 Å². The molecule has 1 aliphatic rings. The number of carbonyl (C=O) groups excluding carboxylic acids is 1. The predicted octanol–water partition coefficient (Wildman–Crippen LogP) is 3.93. The number of hydrogen-bond donors (Lipinski definition) is 0. The molecule has 0 radical (unpaired) electrons. The maximum atomic E-state index is 12.5. The third-order valence-corrected chi connectivity index (χ3v) is 4.15. The number of ketones is 1. The van der Waals surface area contributed by atoms with Crippen LogP contribution >= 0.6 is 0 Å². The minimum absolute atomic E-state index is 0.142. The van der Waals surface area contributed by atoms with E-state index in [4.69, 9.17) is 0 Å². The topological polar surface area (TPSA) is 20.3 Å². The summed E-state index contributed by atoms with van der Waals surface area (Å²) in [6, 6.07) is 10.3. The highest BCUT2D eigenvalue weighted by Crippen LogP contribution is 2.38. The van der Waals surface area contributed by atoms with Gasteiger partial charge >= 0.3 is 0 Å². The minimum atomic E-state index is -0.467. The fourth-order valence-corrected chi connectivity index (χ4v) is 2.44. The van der Waals surface area contributed by atoms with E-state index < -0.39 is 5.41 Å². The first-order valence-corrected chi connectivity index (χ1v) is 7.29. The lowest BCUT2D eigenvalue weighted by atomic mass is 9.70. The van der Waals surface area contributed by atoms with E-state index in [-0.39, 0.29) is 11.7 Å². The monoisotopic (exact) mass is 281 g/mol. The summed E-state index contributed by atoms with van der Waals surface area (Å²) < 4.78 is 0. The molecular formula is C19H23NO. The minimum Gasteiger partial charge on any atom is -0.383 e. The Morgan fingerprint density at radius 1 is 1.24 bits per heavy atom. The molecule has 1 aliphatic carbocycles. The molecule has 2 heteroatoms. The van der Waals surface area contributed by atoms with E-state index in [1.165, 1.54) is 11.1 Å². The van der Waals surface area contributed by atoms with Crippen LogP contribution < -0.4 is 0 Å². The summed E-state index contributed by atoms with van der Waals surface area (Å²) in [6.45, 7) is 4.11. The Balaban J connectivity index is 2.23. The largest absolute Gasteiger partial charge is 0.383 e. The lowest BCUT2D eigenvalue weighted by Gasteiger charge is -2.32. The molecule has 2 unspecified atom stereocenters. The molecule has 2 nitrogen and oxygen atoms in total. The SMILES string of the molecule is CC1C=C(c2ccccc2)C=CC1(C)C(=O)C=CN(C)C. The highest BCUT2D eigenvalue weighted by Gasteiger charge is 2.35. The zero-order chi connectivity index (χ0) is 15.5. The van der Waals surface area contributed by atoms with E-state index in [1.807, 2.05) is 56.4 Å². The van der Waals surface area contributed by atoms with Crippen molar-refractivity contribution in [3.8, 4) is 0 Å². The normalized spacial score (nSPS) is 25.0. The van der Waals surface area contributed by atoms with Crippen molar-refractivity contribution in [1.29, 1.82) is 0 Å². The highest BCUT2D eigenvalue weighted by molar-refractivity contribution is 5.97. The molecule has 0 amide bonds. The fourth-order valence-electron chi connectivity index (χ4n) is 2.44. The van der Waals surface area contributed by atoms with E-state index in [0.717, 1.165) is 0 Å². The van der Waals surface area contributed by atoms with Gasteiger partial charge in [-0.3, -0.25) is 4.79 Å². The maximum Gasteiger partial charge on any atom is 0.167 e. The summed E-state index contributed by atoms with van der Waals surface area (Å²) in [7, 11) is 3.83. The predicted molar refractivity (Wildman–Crippen MR) is 88.7 cm³/mol. The molecule has 0 bridgehead atoms. The molecule has 21 heavy (non-hydrogen) atoms. The fraction of sp³-hybridized carbons (Fsp3) is 0.316. The van der Waals surface area contributed by atoms with Crippen LogP contribution in [0.3, 0.4) is 0 Å². The average molecular weight is 281 g/mol. The van der Waals surface area contributed by atoms with Crippen molar-refractivity contribution in [3.05, 3.63) is 66.4 Å². The van der Waals surface area contributed by atoms with E-state index in [2.05, 4.69) is 31.2 Å². The molecule has 0 fully saturated rings. The van der Waals surface area contributed by atoms with Crippen LogP contribution in [0.25, 0.3) is 5.57 Å². The van der Waals surface area contributed by atoms with Gasteiger partial charge in [0.2, 0.25) is 0 Å². The second-order valence-electron chi connectivity index (χ2n) is 6.04. The standard InChI is InChI=1S/C19H23NO/c1-15-14-17(16-8-6-5-7-9-16)10-12-19(15,2)18(21)11-13-20(3)4/h5-15H,1-4H3. The Morgan fingerprint density at radius 3 is 2.48 bits per heavy atom. The first-order chi connectivity index (χ1) is 9.93. The third-order valence-electron chi connectivity index (χ3n) is 4.15. The van der Waals surface area contributed by atoms with Gasteiger partial charge in [-0.1, -0.05) is 55.5 Å². The quantitative estimate of drug-likeness (QED) is 0.779. The van der Waals surface area contributed by atoms with E-state index in [9.17, 15) is 4.79 Å². The van der Waals surface area contributed by atoms with Crippen molar-refractivity contribution < 1.29 is 4.79 Å². The molecular weight excluding hydrogens is 258 g/mol. The van der Waals surface area contributed by atoms with Crippen molar-refractivity contribution in [2.75, 3.05) is 14.1 Å². The lowest BCUT2D eigenvalue weighted by molar-refractivity contribution is -0.122. The van der Waals surface area contributed by atoms with Crippen LogP contribution in [0.2, 0.25) is 0 Å². The molecule has 1 aromatic carbocycles. The van der Waals surface area contributed by atoms with Gasteiger partial charge in [0.15, 0.2) is 5.78 Å². The first-order valence-electron chi connectivity index (χ1n) is 7.29. The smallest absolute Gasteiger partial charge is 0.167 e. The van der Waals surface area contributed by atoms with Crippen LogP contribution in [0, 0.1) is 11.3 Å². The number of carbonyl (C=O) groups is 1. The van der Waals surface area contributed by atoms with Gasteiger partial charge in [0.25, 0.3) is 0 Å². The molecule has 2 atom stereocenters. The molecule has 2 rings (SSSR count). The van der Waals surface area contributed by atoms with Crippen molar-refractivity contribution in [1.82, 2.24) is 4.90 Å². The van der Waals surface area contributed by atoms with Gasteiger partial charge in [0.05, 0.1) is 5.41 Å². The molecule has 0 aromatic heterocycles. The Morgan fingerprint density at radius 2 is 1.90 bits per heavy atom. The molecule has 0 N–H and O–H groups in total. The zero-order valence-electron chi connectivity index (χ0n) is 13.2. The molecule has 110 valence electrons. The lowest BCUT2D eigenvalue weighted by Crippen LogP contribution is -2.32. The maximum absolute atomic E-state index is 12.5. The molecule has 0 aliphatic heterocycles. The van der Waals surface area contributed by atoms with Crippen LogP contribution in [-0.2, 0) is 4.79 Å². The number of allylic oxidation sites excluding steroid dienone is 5. The van der Waals surface area contributed by atoms with Gasteiger partial charge in [-0.25, -0.2) is 0 Å². The van der Waals surface area contributed by atoms with Crippen LogP contribution in [0.5, 0.6) is 0 Å². The summed E-state index contributed by atoms with van der Waals surface area (Å²) in [5.41, 5.74) is 1.91. The number of rotatable bonds is 4. The van der Waals surface area contributed by atoms with E-state index in [0.29, 0.717) is 0 Å². The van der Waals surface area contributed by atoms with Crippen molar-refractivity contribution in [2.24, 2.45) is 11.3 Å². The average Bonchev–Trinajstić information content (AvgIpc) is 2.48. The van der Waals surface area contributed by atoms with Crippen molar-refractivity contribution in [3.63, 3.8) is 0 Å². The summed E-state index contributed by atoms with van der Waals surface area (Å²) in [4.78, 5) is 14.4. The summed E-state index contributed by atoms with van der Waals surface area (Å²) in [5.74, 6) is 0.306. The number of hydrogen-bond acceptors (Lipinski definition) is 2. The van der Waals surface area contributed by atoms with Crippen LogP contribution in [0.1, 0.15) is 19.4 Å². The Kier molecular flexibility index (Phi) is 4.46. The Hall–Kier alpha value is -2.09. The number of nitrogens with zero attached hydrogens (tertiary/aromatic N) is 1. The van der Waals surface area contributed by atoms with E-state index in [1.54, 1.807) is 6.08 Å². The Bertz CT molecular complexity index is 595. The van der Waals surface area contributed by atoms with Crippen LogP contribution in [-0.4, -0.2) is 24.8 Å². The second-order valence-corrected chi connectivity index (χ2v) is 6.04. The molecule has 1 aromatic rings. The third kappa shape index (κ3) is 3.33. The number of benzene rings is 1.